The lowest BCUT2D eigenvalue weighted by molar-refractivity contribution is 0.616. The lowest BCUT2D eigenvalue weighted by Gasteiger charge is -2.12. The molecule has 0 amide bonds. The van der Waals surface area contributed by atoms with Gasteiger partial charge in [-0.1, -0.05) is 48.5 Å². The van der Waals surface area contributed by atoms with Crippen molar-refractivity contribution in [2.24, 2.45) is 5.10 Å². The van der Waals surface area contributed by atoms with E-state index < -0.39 is 0 Å². The first-order valence-electron chi connectivity index (χ1n) is 11.8. The highest BCUT2D eigenvalue weighted by atomic mass is 16.3. The molecule has 0 aliphatic heterocycles. The van der Waals surface area contributed by atoms with Gasteiger partial charge in [0, 0.05) is 28.0 Å². The highest BCUT2D eigenvalue weighted by Gasteiger charge is 2.17. The number of aryl methyl sites for hydroxylation is 2. The predicted molar refractivity (Wildman–Crippen MR) is 144 cm³/mol. The van der Waals surface area contributed by atoms with Gasteiger partial charge < -0.3 is 8.98 Å². The Labute approximate surface area is 207 Å². The quantitative estimate of drug-likeness (QED) is 0.279. The van der Waals surface area contributed by atoms with E-state index in [1.54, 1.807) is 12.3 Å². The Kier molecular flexibility index (Phi) is 5.15. The molecule has 0 aliphatic carbocycles. The Morgan fingerprint density at radius 1 is 0.889 bits per heavy atom. The number of fused-ring (bicyclic) bond motifs is 2. The maximum Gasteiger partial charge on any atom is 0.282 e. The Hall–Kier alpha value is -4.71. The summed E-state index contributed by atoms with van der Waals surface area (Å²) < 4.78 is 9.61. The number of hydrogen-bond acceptors (Lipinski definition) is 4. The Morgan fingerprint density at radius 3 is 2.47 bits per heavy atom. The number of aromatic nitrogens is 3. The van der Waals surface area contributed by atoms with E-state index in [4.69, 9.17) is 9.40 Å². The van der Waals surface area contributed by atoms with Gasteiger partial charge in [0.15, 0.2) is 5.76 Å². The molecule has 6 heteroatoms. The second-order valence-electron chi connectivity index (χ2n) is 8.91. The molecule has 36 heavy (non-hydrogen) atoms. The summed E-state index contributed by atoms with van der Waals surface area (Å²) in [5.41, 5.74) is 6.44. The average Bonchev–Trinajstić information content (AvgIpc) is 3.44. The molecule has 3 aromatic carbocycles. The van der Waals surface area contributed by atoms with Crippen molar-refractivity contribution >= 4 is 28.1 Å². The summed E-state index contributed by atoms with van der Waals surface area (Å²) in [4.78, 5) is 18.3. The molecule has 3 heterocycles. The summed E-state index contributed by atoms with van der Waals surface area (Å²) in [7, 11) is 0. The van der Waals surface area contributed by atoms with E-state index in [1.807, 2.05) is 60.7 Å². The average molecular weight is 473 g/mol. The fourth-order valence-corrected chi connectivity index (χ4v) is 4.71. The molecule has 0 saturated carbocycles. The van der Waals surface area contributed by atoms with E-state index in [0.29, 0.717) is 22.5 Å². The van der Waals surface area contributed by atoms with Crippen LogP contribution in [0.4, 0.5) is 0 Å². The molecule has 3 aromatic heterocycles. The molecule has 0 saturated heterocycles. The zero-order valence-corrected chi connectivity index (χ0v) is 20.3. The third kappa shape index (κ3) is 3.55. The van der Waals surface area contributed by atoms with Crippen molar-refractivity contribution in [2.45, 2.75) is 20.8 Å². The van der Waals surface area contributed by atoms with E-state index >= 15 is 0 Å². The minimum atomic E-state index is -0.250. The molecule has 0 atom stereocenters. The van der Waals surface area contributed by atoms with Crippen molar-refractivity contribution < 1.29 is 4.42 Å². The first kappa shape index (κ1) is 21.8. The minimum absolute atomic E-state index is 0.250. The van der Waals surface area contributed by atoms with Gasteiger partial charge in [-0.15, -0.1) is 0 Å². The van der Waals surface area contributed by atoms with Gasteiger partial charge in [-0.3, -0.25) is 4.79 Å². The SMILES string of the molecule is Cc1ccccc1-n1c(C)cc(C=Nn2c(-c3cc4ccccc4o3)nc3ccccc3c2=O)c1C. The smallest absolute Gasteiger partial charge is 0.282 e. The lowest BCUT2D eigenvalue weighted by Crippen LogP contribution is -2.20. The van der Waals surface area contributed by atoms with Gasteiger partial charge in [0.2, 0.25) is 5.82 Å². The fraction of sp³-hybridized carbons (Fsp3) is 0.100. The molecule has 0 N–H and O–H groups in total. The Morgan fingerprint density at radius 2 is 1.64 bits per heavy atom. The van der Waals surface area contributed by atoms with Crippen LogP contribution >= 0.6 is 0 Å². The molecule has 0 unspecified atom stereocenters. The molecule has 176 valence electrons. The van der Waals surface area contributed by atoms with Gasteiger partial charge in [0.25, 0.3) is 5.56 Å². The molecular formula is C30H24N4O2. The van der Waals surface area contributed by atoms with Gasteiger partial charge in [0.05, 0.1) is 17.1 Å². The first-order valence-corrected chi connectivity index (χ1v) is 11.8. The highest BCUT2D eigenvalue weighted by molar-refractivity contribution is 5.85. The third-order valence-electron chi connectivity index (χ3n) is 6.54. The van der Waals surface area contributed by atoms with Crippen molar-refractivity contribution in [1.29, 1.82) is 0 Å². The van der Waals surface area contributed by atoms with Crippen molar-refractivity contribution in [3.63, 3.8) is 0 Å². The van der Waals surface area contributed by atoms with Crippen molar-refractivity contribution in [3.05, 3.63) is 118 Å². The van der Waals surface area contributed by atoms with E-state index in [2.05, 4.69) is 48.6 Å². The predicted octanol–water partition coefficient (Wildman–Crippen LogP) is 6.41. The standard InChI is InChI=1S/C30H24N4O2/c1-19-10-4-8-14-26(19)33-20(2)16-23(21(33)3)18-31-34-29(28-17-22-11-5-9-15-27(22)36-28)32-25-13-7-6-12-24(25)30(34)35/h4-18H,1-3H3. The molecular weight excluding hydrogens is 448 g/mol. The topological polar surface area (TPSA) is 65.3 Å². The summed E-state index contributed by atoms with van der Waals surface area (Å²) in [6.45, 7) is 6.23. The van der Waals surface area contributed by atoms with Crippen LogP contribution in [0.2, 0.25) is 0 Å². The molecule has 0 aliphatic rings. The molecule has 0 radical (unpaired) electrons. The summed E-state index contributed by atoms with van der Waals surface area (Å²) in [6.07, 6.45) is 1.72. The van der Waals surface area contributed by atoms with E-state index in [1.165, 1.54) is 10.2 Å². The van der Waals surface area contributed by atoms with Crippen molar-refractivity contribution in [1.82, 2.24) is 14.2 Å². The summed E-state index contributed by atoms with van der Waals surface area (Å²) >= 11 is 0. The lowest BCUT2D eigenvalue weighted by atomic mass is 10.2. The number of rotatable bonds is 4. The highest BCUT2D eigenvalue weighted by Crippen LogP contribution is 2.27. The molecule has 0 spiro atoms. The summed E-state index contributed by atoms with van der Waals surface area (Å²) in [5, 5.41) is 6.08. The van der Waals surface area contributed by atoms with Crippen LogP contribution in [-0.2, 0) is 0 Å². The van der Waals surface area contributed by atoms with E-state index in [9.17, 15) is 4.79 Å². The molecule has 0 fully saturated rings. The Balaban J connectivity index is 1.53. The van der Waals surface area contributed by atoms with Crippen LogP contribution in [0.15, 0.2) is 99.2 Å². The number of nitrogens with zero attached hydrogens (tertiary/aromatic N) is 4. The second kappa shape index (κ2) is 8.50. The number of furan rings is 1. The van der Waals surface area contributed by atoms with Crippen molar-refractivity contribution in [3.8, 4) is 17.3 Å². The molecule has 6 aromatic rings. The number of hydrogen-bond donors (Lipinski definition) is 0. The van der Waals surface area contributed by atoms with Crippen LogP contribution in [-0.4, -0.2) is 20.4 Å². The van der Waals surface area contributed by atoms with Crippen LogP contribution in [0, 0.1) is 20.8 Å². The van der Waals surface area contributed by atoms with Crippen LogP contribution in [0.1, 0.15) is 22.5 Å². The van der Waals surface area contributed by atoms with Gasteiger partial charge in [0.1, 0.15) is 5.58 Å². The fourth-order valence-electron chi connectivity index (χ4n) is 4.71. The largest absolute Gasteiger partial charge is 0.453 e. The zero-order valence-electron chi connectivity index (χ0n) is 20.3. The summed E-state index contributed by atoms with van der Waals surface area (Å²) in [6, 6.07) is 27.3. The Bertz CT molecular complexity index is 1820. The van der Waals surface area contributed by atoms with Gasteiger partial charge in [-0.2, -0.15) is 9.78 Å². The van der Waals surface area contributed by atoms with Gasteiger partial charge >= 0.3 is 0 Å². The molecule has 6 nitrogen and oxygen atoms in total. The normalized spacial score (nSPS) is 11.8. The van der Waals surface area contributed by atoms with E-state index in [-0.39, 0.29) is 5.56 Å². The maximum absolute atomic E-state index is 13.5. The first-order chi connectivity index (χ1) is 17.5. The molecule has 0 bridgehead atoms. The second-order valence-corrected chi connectivity index (χ2v) is 8.91. The zero-order chi connectivity index (χ0) is 24.8. The van der Waals surface area contributed by atoms with Crippen LogP contribution in [0.25, 0.3) is 39.1 Å². The monoisotopic (exact) mass is 472 g/mol. The van der Waals surface area contributed by atoms with E-state index in [0.717, 1.165) is 33.6 Å². The van der Waals surface area contributed by atoms with Crippen LogP contribution in [0.5, 0.6) is 0 Å². The van der Waals surface area contributed by atoms with Gasteiger partial charge in [-0.25, -0.2) is 4.98 Å². The van der Waals surface area contributed by atoms with Gasteiger partial charge in [-0.05, 0) is 62.7 Å². The maximum atomic E-state index is 13.5. The summed E-state index contributed by atoms with van der Waals surface area (Å²) in [5.74, 6) is 0.848. The number of benzene rings is 3. The third-order valence-corrected chi connectivity index (χ3v) is 6.54. The number of para-hydroxylation sites is 3. The minimum Gasteiger partial charge on any atom is -0.453 e. The van der Waals surface area contributed by atoms with Crippen LogP contribution in [0.3, 0.4) is 0 Å². The molecule has 6 rings (SSSR count). The van der Waals surface area contributed by atoms with Crippen molar-refractivity contribution in [2.75, 3.05) is 0 Å². The van der Waals surface area contributed by atoms with Crippen LogP contribution < -0.4 is 5.56 Å².